The van der Waals surface area contributed by atoms with Gasteiger partial charge in [-0.25, -0.2) is 0 Å². The second kappa shape index (κ2) is 14.6. The van der Waals surface area contributed by atoms with Crippen molar-refractivity contribution in [3.05, 3.63) is 129 Å². The van der Waals surface area contributed by atoms with E-state index in [2.05, 4.69) is 31.3 Å². The molecule has 0 atom stereocenters. The van der Waals surface area contributed by atoms with Crippen LogP contribution in [0.25, 0.3) is 17.2 Å². The molecule has 0 aliphatic heterocycles. The number of nitro groups is 1. The smallest absolute Gasteiger partial charge is 0.296 e. The van der Waals surface area contributed by atoms with Crippen LogP contribution in [0.5, 0.6) is 0 Å². The number of nitrogens with zero attached hydrogens (tertiary/aromatic N) is 5. The Labute approximate surface area is 305 Å². The van der Waals surface area contributed by atoms with Crippen LogP contribution in [0.3, 0.4) is 0 Å². The fraction of sp³-hybridized carbons (Fsp3) is 0. The molecule has 6 rings (SSSR count). The number of Topliss-reactive ketones (excluding diaryl/α,β-unsaturated/α-hetero) is 1. The highest BCUT2D eigenvalue weighted by Gasteiger charge is 2.37. The Morgan fingerprint density at radius 3 is 1.80 bits per heavy atom. The number of azo groups is 1. The van der Waals surface area contributed by atoms with Gasteiger partial charge in [0.1, 0.15) is 15.5 Å². The average Bonchev–Trinajstić information content (AvgIpc) is 3.13. The zero-order chi connectivity index (χ0) is 38.8. The molecular weight excluding hydrogens is 745 g/mol. The zero-order valence-corrected chi connectivity index (χ0v) is 28.8. The van der Waals surface area contributed by atoms with Crippen LogP contribution in [-0.4, -0.2) is 53.9 Å². The van der Waals surface area contributed by atoms with Crippen molar-refractivity contribution < 1.29 is 40.5 Å². The molecule has 0 heterocycles. The Morgan fingerprint density at radius 1 is 0.722 bits per heavy atom. The second-order valence-electron chi connectivity index (χ2n) is 11.3. The Kier molecular flexibility index (Phi) is 9.91. The van der Waals surface area contributed by atoms with E-state index in [1.54, 1.807) is 48.6 Å². The highest BCUT2D eigenvalue weighted by atomic mass is 32.2. The van der Waals surface area contributed by atoms with E-state index in [1.807, 2.05) is 12.1 Å². The number of rotatable bonds is 10. The molecule has 0 spiro atoms. The molecule has 0 saturated carbocycles. The summed E-state index contributed by atoms with van der Waals surface area (Å²) in [6.45, 7) is 0. The molecule has 0 aromatic heterocycles. The molecule has 0 bridgehead atoms. The fourth-order valence-corrected chi connectivity index (χ4v) is 6.42. The van der Waals surface area contributed by atoms with Gasteiger partial charge in [0, 0.05) is 12.1 Å². The molecule has 4 aromatic carbocycles. The molecule has 0 amide bonds. The predicted molar refractivity (Wildman–Crippen MR) is 199 cm³/mol. The molecule has 6 N–H and O–H groups in total. The number of nitrogen functional groups attached to an aromatic ring is 1. The number of anilines is 3. The first-order valence-corrected chi connectivity index (χ1v) is 18.1. The topological polar surface area (TPSA) is 286 Å². The van der Waals surface area contributed by atoms with Gasteiger partial charge >= 0.3 is 0 Å². The van der Waals surface area contributed by atoms with Crippen molar-refractivity contribution in [1.29, 1.82) is 0 Å². The van der Waals surface area contributed by atoms with Crippen molar-refractivity contribution in [2.45, 2.75) is 4.90 Å². The molecule has 0 fully saturated rings. The zero-order valence-electron chi connectivity index (χ0n) is 27.2. The number of fused-ring (bicyclic) bond motifs is 1. The third-order valence-corrected chi connectivity index (χ3v) is 9.46. The predicted octanol–water partition coefficient (Wildman–Crippen LogP) is 5.86. The minimum Gasteiger partial charge on any atom is -0.396 e. The summed E-state index contributed by atoms with van der Waals surface area (Å²) in [7, 11) is -10.3. The van der Waals surface area contributed by atoms with Gasteiger partial charge in [0.15, 0.2) is 11.5 Å². The average molecular weight is 769 g/mol. The van der Waals surface area contributed by atoms with Crippen molar-refractivity contribution in [3.8, 4) is 11.1 Å². The van der Waals surface area contributed by atoms with Crippen LogP contribution in [0.15, 0.2) is 133 Å². The highest BCUT2D eigenvalue weighted by molar-refractivity contribution is 7.91. The van der Waals surface area contributed by atoms with Gasteiger partial charge in [-0.05, 0) is 89.5 Å². The van der Waals surface area contributed by atoms with E-state index in [0.717, 1.165) is 35.4 Å². The van der Waals surface area contributed by atoms with E-state index in [4.69, 9.17) is 5.73 Å². The first-order chi connectivity index (χ1) is 25.6. The van der Waals surface area contributed by atoms with E-state index in [-0.39, 0.29) is 17.2 Å². The van der Waals surface area contributed by atoms with Gasteiger partial charge in [-0.15, -0.1) is 5.11 Å². The first-order valence-electron chi connectivity index (χ1n) is 15.2. The van der Waals surface area contributed by atoms with Gasteiger partial charge in [-0.1, -0.05) is 24.3 Å². The summed E-state index contributed by atoms with van der Waals surface area (Å²) < 4.78 is 69.4. The summed E-state index contributed by atoms with van der Waals surface area (Å²) in [6.07, 6.45) is 6.74. The van der Waals surface area contributed by atoms with Gasteiger partial charge in [0.05, 0.1) is 38.9 Å². The number of nitro benzene ring substituents is 1. The lowest BCUT2D eigenvalue weighted by Gasteiger charge is -2.20. The first kappa shape index (κ1) is 36.8. The number of carbonyl (C=O) groups excluding carboxylic acids is 2. The second-order valence-corrected chi connectivity index (χ2v) is 14.1. The summed E-state index contributed by atoms with van der Waals surface area (Å²) in [5.41, 5.74) is 11.6. The molecule has 4 aromatic rings. The molecule has 20 heteroatoms. The number of nitrogens with two attached hydrogens (primary N) is 1. The third kappa shape index (κ3) is 8.05. The maximum Gasteiger partial charge on any atom is 0.296 e. The van der Waals surface area contributed by atoms with Crippen LogP contribution in [0.1, 0.15) is 15.9 Å². The highest BCUT2D eigenvalue weighted by Crippen LogP contribution is 2.41. The van der Waals surface area contributed by atoms with Crippen molar-refractivity contribution in [3.63, 3.8) is 0 Å². The van der Waals surface area contributed by atoms with Crippen LogP contribution in [0, 0.1) is 10.1 Å². The van der Waals surface area contributed by atoms with E-state index in [9.17, 15) is 45.6 Å². The number of non-ortho nitro benzene ring substituents is 1. The van der Waals surface area contributed by atoms with Gasteiger partial charge in [0.25, 0.3) is 25.9 Å². The molecule has 272 valence electrons. The Bertz CT molecular complexity index is 2630. The fourth-order valence-electron chi connectivity index (χ4n) is 5.09. The van der Waals surface area contributed by atoms with Crippen LogP contribution >= 0.6 is 0 Å². The molecule has 18 nitrogen and oxygen atoms in total. The summed E-state index contributed by atoms with van der Waals surface area (Å²) in [5, 5.41) is 26.7. The van der Waals surface area contributed by atoms with E-state index >= 15 is 0 Å². The van der Waals surface area contributed by atoms with E-state index in [1.165, 1.54) is 24.3 Å². The van der Waals surface area contributed by atoms with Crippen LogP contribution < -0.4 is 16.6 Å². The normalized spacial score (nSPS) is 15.0. The van der Waals surface area contributed by atoms with Gasteiger partial charge in [-0.2, -0.15) is 32.2 Å². The quantitative estimate of drug-likeness (QED) is 0.0316. The summed E-state index contributed by atoms with van der Waals surface area (Å²) in [4.78, 5) is 33.4. The lowest BCUT2D eigenvalue weighted by molar-refractivity contribution is -0.384. The van der Waals surface area contributed by atoms with Crippen molar-refractivity contribution in [1.82, 2.24) is 0 Å². The van der Waals surface area contributed by atoms with Crippen molar-refractivity contribution in [2.24, 2.45) is 20.4 Å². The number of hydrogen-bond acceptors (Lipinski definition) is 15. The number of allylic oxidation sites excluding steroid dienone is 5. The summed E-state index contributed by atoms with van der Waals surface area (Å²) >= 11 is 0. The maximum atomic E-state index is 13.8. The number of hydrazone groups is 2. The molecule has 2 aliphatic carbocycles. The lowest BCUT2D eigenvalue weighted by atomic mass is 9.92. The SMILES string of the molecule is Nc1c(N=Nc2ccc([N+](=O)[O-])cc2)c(S(=O)(=O)O)cc2c1C(=O)/C(=N/Nc1ccc(-c3ccc(NN=C4C=CC(=O)C=C4)cc3)cc1)C(S(=O)(=O)O)=C2. The molecular formula is C34H24N8O10S2. The number of nitrogens with one attached hydrogen (secondary N) is 2. The number of ketones is 2. The van der Waals surface area contributed by atoms with Gasteiger partial charge < -0.3 is 5.73 Å². The Balaban J connectivity index is 1.27. The number of benzene rings is 4. The third-order valence-electron chi connectivity index (χ3n) is 7.73. The Morgan fingerprint density at radius 2 is 1.28 bits per heavy atom. The van der Waals surface area contributed by atoms with E-state index < -0.39 is 69.0 Å². The number of carbonyl (C=O) groups is 2. The van der Waals surface area contributed by atoms with Crippen LogP contribution in [0.2, 0.25) is 0 Å². The molecule has 0 saturated heterocycles. The van der Waals surface area contributed by atoms with Crippen LogP contribution in [0.4, 0.5) is 34.1 Å². The Hall–Kier alpha value is -7.00. The monoisotopic (exact) mass is 768 g/mol. The summed E-state index contributed by atoms with van der Waals surface area (Å²) in [5.74, 6) is -1.28. The molecule has 0 radical (unpaired) electrons. The van der Waals surface area contributed by atoms with Gasteiger partial charge in [0.2, 0.25) is 5.78 Å². The van der Waals surface area contributed by atoms with Crippen LogP contribution in [-0.2, 0) is 25.0 Å². The lowest BCUT2D eigenvalue weighted by Crippen LogP contribution is -2.28. The standard InChI is InChI=1S/C34H24N8O10S2/c35-31-30-21(17-28(53(47,48)49)32(31)40-38-24-9-13-26(14-10-24)42(45)46)18-29(54(50,51)52)33(34(30)44)41-39-23-7-3-20(4-8-23)19-1-5-22(6-2-19)36-37-25-11-15-27(43)16-12-25/h1-18,36,39H,35H2,(H,47,48,49)(H,50,51,52)/b40-38?,41-33+. The maximum absolute atomic E-state index is 13.8. The van der Waals surface area contributed by atoms with Crippen molar-refractivity contribution >= 4 is 83.4 Å². The molecule has 2 aliphatic rings. The van der Waals surface area contributed by atoms with Gasteiger partial charge in [-0.3, -0.25) is 39.7 Å². The molecule has 0 unspecified atom stereocenters. The van der Waals surface area contributed by atoms with E-state index in [0.29, 0.717) is 17.1 Å². The minimum atomic E-state index is -5.15. The largest absolute Gasteiger partial charge is 0.396 e. The van der Waals surface area contributed by atoms with Crippen molar-refractivity contribution in [2.75, 3.05) is 16.6 Å². The number of hydrogen-bond donors (Lipinski definition) is 5. The minimum absolute atomic E-state index is 0.0154. The summed E-state index contributed by atoms with van der Waals surface area (Å²) in [6, 6.07) is 19.2. The molecule has 54 heavy (non-hydrogen) atoms.